The van der Waals surface area contributed by atoms with Gasteiger partial charge in [-0.2, -0.15) is 0 Å². The zero-order chi connectivity index (χ0) is 19.4. The van der Waals surface area contributed by atoms with Gasteiger partial charge in [-0.15, -0.1) is 0 Å². The molecule has 4 aromatic rings. The average molecular weight is 382 g/mol. The third kappa shape index (κ3) is 2.83. The van der Waals surface area contributed by atoms with Crippen LogP contribution in [0.1, 0.15) is 30.4 Å². The number of benzene rings is 1. The fourth-order valence-electron chi connectivity index (χ4n) is 4.20. The fourth-order valence-corrected chi connectivity index (χ4v) is 4.20. The second-order valence-corrected chi connectivity index (χ2v) is 7.97. The van der Waals surface area contributed by atoms with Gasteiger partial charge in [0, 0.05) is 17.9 Å². The maximum absolute atomic E-state index is 6.22. The van der Waals surface area contributed by atoms with E-state index in [9.17, 15) is 0 Å². The molecule has 0 saturated heterocycles. The number of nitrogen functional groups attached to an aromatic ring is 1. The summed E-state index contributed by atoms with van der Waals surface area (Å²) < 4.78 is 2.12. The highest BCUT2D eigenvalue weighted by molar-refractivity contribution is 5.84. The highest BCUT2D eigenvalue weighted by Crippen LogP contribution is 2.33. The van der Waals surface area contributed by atoms with E-state index < -0.39 is 0 Å². The molecule has 1 aromatic carbocycles. The standard InChI is InChI=1S/C23H22N6/c24-21-18(5-2-12-25-21)22-27-19-10-11-20(26-16-7-8-16)28-23(19)29(22)17-9-6-14-3-1-4-15(14)13-17/h2,5-6,9-13,16H,1,3-4,7-8H2,(H2,24,25)(H,26,28). The number of pyridine rings is 2. The number of nitrogens with one attached hydrogen (secondary N) is 1. The molecule has 0 amide bonds. The summed E-state index contributed by atoms with van der Waals surface area (Å²) in [5.41, 5.74) is 12.7. The Balaban J connectivity index is 1.60. The van der Waals surface area contributed by atoms with Crippen molar-refractivity contribution in [3.8, 4) is 17.1 Å². The van der Waals surface area contributed by atoms with Gasteiger partial charge in [-0.05, 0) is 79.6 Å². The Hall–Kier alpha value is -3.41. The smallest absolute Gasteiger partial charge is 0.167 e. The van der Waals surface area contributed by atoms with Crippen molar-refractivity contribution in [2.75, 3.05) is 11.1 Å². The van der Waals surface area contributed by atoms with Gasteiger partial charge in [0.05, 0.1) is 5.56 Å². The van der Waals surface area contributed by atoms with E-state index >= 15 is 0 Å². The van der Waals surface area contributed by atoms with Crippen molar-refractivity contribution in [1.29, 1.82) is 0 Å². The van der Waals surface area contributed by atoms with E-state index in [0.717, 1.165) is 46.9 Å². The van der Waals surface area contributed by atoms with E-state index in [4.69, 9.17) is 15.7 Å². The normalized spacial score (nSPS) is 15.6. The Labute approximate surface area is 168 Å². The number of nitrogens with zero attached hydrogens (tertiary/aromatic N) is 4. The molecular formula is C23H22N6. The molecule has 3 N–H and O–H groups in total. The molecule has 2 aliphatic carbocycles. The van der Waals surface area contributed by atoms with E-state index in [-0.39, 0.29) is 0 Å². The van der Waals surface area contributed by atoms with E-state index in [2.05, 4.69) is 33.1 Å². The van der Waals surface area contributed by atoms with Crippen molar-refractivity contribution in [2.24, 2.45) is 0 Å². The van der Waals surface area contributed by atoms with Crippen LogP contribution >= 0.6 is 0 Å². The second kappa shape index (κ2) is 6.30. The molecule has 3 aromatic heterocycles. The summed E-state index contributed by atoms with van der Waals surface area (Å²) in [4.78, 5) is 14.1. The van der Waals surface area contributed by atoms with Gasteiger partial charge < -0.3 is 11.1 Å². The average Bonchev–Trinajstić information content (AvgIpc) is 3.29. The van der Waals surface area contributed by atoms with E-state index in [1.54, 1.807) is 6.20 Å². The van der Waals surface area contributed by atoms with Gasteiger partial charge in [-0.25, -0.2) is 15.0 Å². The lowest BCUT2D eigenvalue weighted by Gasteiger charge is -2.12. The van der Waals surface area contributed by atoms with Gasteiger partial charge >= 0.3 is 0 Å². The summed E-state index contributed by atoms with van der Waals surface area (Å²) in [6.45, 7) is 0. The van der Waals surface area contributed by atoms with Crippen LogP contribution in [0.25, 0.3) is 28.2 Å². The lowest BCUT2D eigenvalue weighted by atomic mass is 10.1. The van der Waals surface area contributed by atoms with Crippen molar-refractivity contribution in [3.05, 3.63) is 59.8 Å². The summed E-state index contributed by atoms with van der Waals surface area (Å²) in [5.74, 6) is 2.15. The summed E-state index contributed by atoms with van der Waals surface area (Å²) >= 11 is 0. The molecule has 3 heterocycles. The number of fused-ring (bicyclic) bond motifs is 2. The number of nitrogens with two attached hydrogens (primary N) is 1. The molecule has 6 rings (SSSR count). The SMILES string of the molecule is Nc1ncccc1-c1nc2ccc(NC3CC3)nc2n1-c1ccc2c(c1)CCC2. The number of hydrogen-bond donors (Lipinski definition) is 2. The summed E-state index contributed by atoms with van der Waals surface area (Å²) in [7, 11) is 0. The Morgan fingerprint density at radius 2 is 1.90 bits per heavy atom. The molecule has 6 heteroatoms. The molecule has 0 spiro atoms. The van der Waals surface area contributed by atoms with Crippen molar-refractivity contribution in [3.63, 3.8) is 0 Å². The predicted octanol–water partition coefficient (Wildman–Crippen LogP) is 4.13. The van der Waals surface area contributed by atoms with Crippen molar-refractivity contribution >= 4 is 22.8 Å². The molecule has 0 radical (unpaired) electrons. The monoisotopic (exact) mass is 382 g/mol. The first-order chi connectivity index (χ1) is 14.3. The zero-order valence-corrected chi connectivity index (χ0v) is 16.1. The zero-order valence-electron chi connectivity index (χ0n) is 16.1. The van der Waals surface area contributed by atoms with E-state index in [1.165, 1.54) is 30.4 Å². The van der Waals surface area contributed by atoms with Crippen LogP contribution in [-0.4, -0.2) is 25.6 Å². The van der Waals surface area contributed by atoms with E-state index in [0.29, 0.717) is 11.9 Å². The minimum absolute atomic E-state index is 0.474. The molecule has 0 atom stereocenters. The predicted molar refractivity (Wildman–Crippen MR) is 115 cm³/mol. The van der Waals surface area contributed by atoms with Gasteiger partial charge in [0.25, 0.3) is 0 Å². The van der Waals surface area contributed by atoms with Gasteiger partial charge in [0.15, 0.2) is 11.5 Å². The summed E-state index contributed by atoms with van der Waals surface area (Å²) in [6, 6.07) is 15.1. The molecule has 0 bridgehead atoms. The van der Waals surface area contributed by atoms with Crippen LogP contribution in [0.3, 0.4) is 0 Å². The number of aromatic nitrogens is 4. The molecule has 6 nitrogen and oxygen atoms in total. The first-order valence-corrected chi connectivity index (χ1v) is 10.3. The van der Waals surface area contributed by atoms with Crippen molar-refractivity contribution in [1.82, 2.24) is 19.5 Å². The van der Waals surface area contributed by atoms with Crippen LogP contribution in [0.4, 0.5) is 11.6 Å². The van der Waals surface area contributed by atoms with Crippen LogP contribution in [0, 0.1) is 0 Å². The third-order valence-corrected chi connectivity index (χ3v) is 5.85. The minimum Gasteiger partial charge on any atom is -0.383 e. The first-order valence-electron chi connectivity index (χ1n) is 10.3. The van der Waals surface area contributed by atoms with Gasteiger partial charge in [-0.1, -0.05) is 6.07 Å². The van der Waals surface area contributed by atoms with Crippen LogP contribution in [0.5, 0.6) is 0 Å². The van der Waals surface area contributed by atoms with Crippen LogP contribution in [-0.2, 0) is 12.8 Å². The maximum atomic E-state index is 6.22. The number of rotatable bonds is 4. The van der Waals surface area contributed by atoms with Gasteiger partial charge in [0.1, 0.15) is 17.2 Å². The Bertz CT molecular complexity index is 1240. The number of hydrogen-bond acceptors (Lipinski definition) is 5. The Morgan fingerprint density at radius 3 is 2.76 bits per heavy atom. The van der Waals surface area contributed by atoms with Gasteiger partial charge in [0.2, 0.25) is 0 Å². The molecule has 2 aliphatic rings. The molecular weight excluding hydrogens is 360 g/mol. The largest absolute Gasteiger partial charge is 0.383 e. The number of anilines is 2. The number of imidazole rings is 1. The second-order valence-electron chi connectivity index (χ2n) is 7.97. The van der Waals surface area contributed by atoms with Crippen LogP contribution in [0.2, 0.25) is 0 Å². The van der Waals surface area contributed by atoms with Gasteiger partial charge in [-0.3, -0.25) is 4.57 Å². The van der Waals surface area contributed by atoms with Crippen LogP contribution in [0.15, 0.2) is 48.7 Å². The topological polar surface area (TPSA) is 81.7 Å². The lowest BCUT2D eigenvalue weighted by molar-refractivity contribution is 0.911. The molecule has 0 unspecified atom stereocenters. The molecule has 1 fully saturated rings. The molecule has 144 valence electrons. The number of aryl methyl sites for hydroxylation is 2. The highest BCUT2D eigenvalue weighted by atomic mass is 15.2. The van der Waals surface area contributed by atoms with E-state index in [1.807, 2.05) is 24.3 Å². The third-order valence-electron chi connectivity index (χ3n) is 5.85. The highest BCUT2D eigenvalue weighted by Gasteiger charge is 2.23. The quantitative estimate of drug-likeness (QED) is 0.555. The fraction of sp³-hybridized carbons (Fsp3) is 0.261. The van der Waals surface area contributed by atoms with Crippen molar-refractivity contribution < 1.29 is 0 Å². The maximum Gasteiger partial charge on any atom is 0.167 e. The Morgan fingerprint density at radius 1 is 1.00 bits per heavy atom. The summed E-state index contributed by atoms with van der Waals surface area (Å²) in [5, 5.41) is 3.50. The minimum atomic E-state index is 0.474. The molecule has 29 heavy (non-hydrogen) atoms. The van der Waals surface area contributed by atoms with Crippen LogP contribution < -0.4 is 11.1 Å². The first kappa shape index (κ1) is 16.5. The van der Waals surface area contributed by atoms with Crippen molar-refractivity contribution in [2.45, 2.75) is 38.1 Å². The lowest BCUT2D eigenvalue weighted by Crippen LogP contribution is -2.05. The molecule has 0 aliphatic heterocycles. The Kier molecular flexibility index (Phi) is 3.59. The molecule has 1 saturated carbocycles. The summed E-state index contributed by atoms with van der Waals surface area (Å²) in [6.07, 6.45) is 7.64.